The lowest BCUT2D eigenvalue weighted by Gasteiger charge is -2.18. The molecule has 0 unspecified atom stereocenters. The fraction of sp³-hybridized carbons (Fsp3) is 0. The molecule has 0 saturated heterocycles. The first-order chi connectivity index (χ1) is 29.8. The van der Waals surface area contributed by atoms with Gasteiger partial charge in [-0.05, 0) is 118 Å². The number of benzene rings is 11. The molecule has 1 nitrogen and oxygen atoms in total. The zero-order valence-corrected chi connectivity index (χ0v) is 33.3. The Bertz CT molecular complexity index is 3820. The van der Waals surface area contributed by atoms with Gasteiger partial charge in [-0.15, -0.1) is 11.3 Å². The Balaban J connectivity index is 0.976. The number of hydrogen-bond donors (Lipinski definition) is 0. The third-order valence-corrected chi connectivity index (χ3v) is 13.8. The lowest BCUT2D eigenvalue weighted by atomic mass is 9.85. The molecule has 2 heterocycles. The Morgan fingerprint density at radius 1 is 0.300 bits per heavy atom. The van der Waals surface area contributed by atoms with Gasteiger partial charge in [-0.2, -0.15) is 0 Å². The van der Waals surface area contributed by atoms with Crippen molar-refractivity contribution in [3.63, 3.8) is 0 Å². The topological polar surface area (TPSA) is 13.1 Å². The van der Waals surface area contributed by atoms with Crippen LogP contribution in [-0.2, 0) is 0 Å². The predicted octanol–water partition coefficient (Wildman–Crippen LogP) is 17.2. The Morgan fingerprint density at radius 2 is 0.867 bits per heavy atom. The summed E-state index contributed by atoms with van der Waals surface area (Å²) in [6.45, 7) is 0. The molecule has 2 heteroatoms. The summed E-state index contributed by atoms with van der Waals surface area (Å²) in [7, 11) is 0. The number of fused-ring (bicyclic) bond motifs is 12. The molecule has 0 aliphatic heterocycles. The van der Waals surface area contributed by atoms with Crippen molar-refractivity contribution in [2.45, 2.75) is 0 Å². The van der Waals surface area contributed by atoms with E-state index in [1.54, 1.807) is 0 Å². The number of rotatable bonds is 4. The molecular weight excluding hydrogens is 745 g/mol. The summed E-state index contributed by atoms with van der Waals surface area (Å²) in [5.74, 6) is 0. The van der Waals surface area contributed by atoms with Gasteiger partial charge in [-0.1, -0.05) is 176 Å². The van der Waals surface area contributed by atoms with Crippen LogP contribution >= 0.6 is 11.3 Å². The van der Waals surface area contributed by atoms with Gasteiger partial charge in [0.2, 0.25) is 0 Å². The molecule has 0 amide bonds. The summed E-state index contributed by atoms with van der Waals surface area (Å²) in [5.41, 5.74) is 11.6. The molecule has 0 N–H and O–H groups in total. The van der Waals surface area contributed by atoms with Crippen molar-refractivity contribution >= 4 is 96.5 Å². The molecule has 0 aliphatic rings. The van der Waals surface area contributed by atoms with E-state index in [1.807, 2.05) is 11.3 Å². The van der Waals surface area contributed by atoms with Gasteiger partial charge in [0.1, 0.15) is 11.2 Å². The van der Waals surface area contributed by atoms with Crippen LogP contribution in [0.15, 0.2) is 211 Å². The summed E-state index contributed by atoms with van der Waals surface area (Å²) < 4.78 is 9.44. The molecule has 0 radical (unpaired) electrons. The van der Waals surface area contributed by atoms with Crippen LogP contribution < -0.4 is 0 Å². The second kappa shape index (κ2) is 13.0. The average molecular weight is 779 g/mol. The highest BCUT2D eigenvalue weighted by molar-refractivity contribution is 7.26. The molecule has 0 fully saturated rings. The zero-order chi connectivity index (χ0) is 39.3. The van der Waals surface area contributed by atoms with E-state index in [-0.39, 0.29) is 0 Å². The SMILES string of the molecule is c1cc(-c2cccc3ccccc23)cc(-c2c3ccccc3c(-c3ccc(-c4cc5oc6c(ccc7sc8ccccc8c76)c5c5ccccc45)cc3)c3ccccc23)c1. The Labute approximate surface area is 350 Å². The van der Waals surface area contributed by atoms with E-state index in [4.69, 9.17) is 4.42 Å². The smallest absolute Gasteiger partial charge is 0.144 e. The lowest BCUT2D eigenvalue weighted by molar-refractivity contribution is 0.673. The quantitative estimate of drug-likeness (QED) is 0.162. The van der Waals surface area contributed by atoms with Crippen LogP contribution in [0.4, 0.5) is 0 Å². The van der Waals surface area contributed by atoms with Gasteiger partial charge in [-0.3, -0.25) is 0 Å². The first-order valence-corrected chi connectivity index (χ1v) is 21.4. The summed E-state index contributed by atoms with van der Waals surface area (Å²) in [5, 5.41) is 14.8. The highest BCUT2D eigenvalue weighted by atomic mass is 32.1. The van der Waals surface area contributed by atoms with Crippen LogP contribution in [0.3, 0.4) is 0 Å². The van der Waals surface area contributed by atoms with Crippen LogP contribution in [0, 0.1) is 0 Å². The predicted molar refractivity (Wildman–Crippen MR) is 258 cm³/mol. The molecule has 0 atom stereocenters. The monoisotopic (exact) mass is 778 g/mol. The molecule has 0 spiro atoms. The van der Waals surface area contributed by atoms with Crippen molar-refractivity contribution in [2.24, 2.45) is 0 Å². The summed E-state index contributed by atoms with van der Waals surface area (Å²) in [4.78, 5) is 0. The van der Waals surface area contributed by atoms with Gasteiger partial charge in [0.05, 0.1) is 0 Å². The van der Waals surface area contributed by atoms with Crippen LogP contribution in [0.5, 0.6) is 0 Å². The van der Waals surface area contributed by atoms with Gasteiger partial charge in [0.25, 0.3) is 0 Å². The zero-order valence-electron chi connectivity index (χ0n) is 32.4. The largest absolute Gasteiger partial charge is 0.455 e. The number of thiophene rings is 1. The fourth-order valence-electron chi connectivity index (χ4n) is 10.0. The van der Waals surface area contributed by atoms with E-state index >= 15 is 0 Å². The molecule has 13 aromatic rings. The molecule has 278 valence electrons. The van der Waals surface area contributed by atoms with Gasteiger partial charge < -0.3 is 4.42 Å². The average Bonchev–Trinajstić information content (AvgIpc) is 3.89. The van der Waals surface area contributed by atoms with E-state index in [1.165, 1.54) is 119 Å². The van der Waals surface area contributed by atoms with Gasteiger partial charge in [-0.25, -0.2) is 0 Å². The summed E-state index contributed by atoms with van der Waals surface area (Å²) in [6.07, 6.45) is 0. The summed E-state index contributed by atoms with van der Waals surface area (Å²) in [6, 6.07) is 75.7. The second-order valence-electron chi connectivity index (χ2n) is 15.9. The van der Waals surface area contributed by atoms with E-state index in [9.17, 15) is 0 Å². The van der Waals surface area contributed by atoms with Gasteiger partial charge in [0.15, 0.2) is 0 Å². The van der Waals surface area contributed by atoms with Crippen molar-refractivity contribution < 1.29 is 4.42 Å². The summed E-state index contributed by atoms with van der Waals surface area (Å²) >= 11 is 1.83. The molecule has 11 aromatic carbocycles. The maximum atomic E-state index is 6.90. The lowest BCUT2D eigenvalue weighted by Crippen LogP contribution is -1.91. The van der Waals surface area contributed by atoms with Crippen molar-refractivity contribution in [2.75, 3.05) is 0 Å². The van der Waals surface area contributed by atoms with Crippen molar-refractivity contribution in [1.29, 1.82) is 0 Å². The normalized spacial score (nSPS) is 12.0. The highest BCUT2D eigenvalue weighted by Gasteiger charge is 2.20. The minimum atomic E-state index is 0.919. The van der Waals surface area contributed by atoms with Crippen molar-refractivity contribution in [3.05, 3.63) is 206 Å². The van der Waals surface area contributed by atoms with Crippen LogP contribution in [0.1, 0.15) is 0 Å². The second-order valence-corrected chi connectivity index (χ2v) is 17.0. The van der Waals surface area contributed by atoms with Crippen LogP contribution in [0.25, 0.3) is 130 Å². The van der Waals surface area contributed by atoms with E-state index in [2.05, 4.69) is 206 Å². The molecule has 2 aromatic heterocycles. The van der Waals surface area contributed by atoms with Gasteiger partial charge >= 0.3 is 0 Å². The minimum absolute atomic E-state index is 0.919. The molecule has 13 rings (SSSR count). The number of furan rings is 1. The van der Waals surface area contributed by atoms with Gasteiger partial charge in [0, 0.05) is 30.9 Å². The third kappa shape index (κ3) is 4.92. The van der Waals surface area contributed by atoms with E-state index in [0.717, 1.165) is 11.2 Å². The Kier molecular flexibility index (Phi) is 7.24. The molecule has 60 heavy (non-hydrogen) atoms. The standard InChI is InChI=1S/C58H34OS/c1-2-17-40-35(13-1)14-12-25-41(40)38-15-11-16-39(33-38)55-46-22-7-5-20-44(46)54(45-21-6-8-23-47(45)55)37-29-27-36(28-30-37)50-34-51-56(43-19-4-3-18-42(43)50)49-31-32-53-57(58(49)59-51)48-24-9-10-26-52(48)60-53/h1-34H. The van der Waals surface area contributed by atoms with E-state index < -0.39 is 0 Å². The van der Waals surface area contributed by atoms with Crippen molar-refractivity contribution in [3.8, 4) is 44.5 Å². The van der Waals surface area contributed by atoms with Crippen LogP contribution in [-0.4, -0.2) is 0 Å². The van der Waals surface area contributed by atoms with Crippen molar-refractivity contribution in [1.82, 2.24) is 0 Å². The number of hydrogen-bond acceptors (Lipinski definition) is 2. The van der Waals surface area contributed by atoms with E-state index in [0.29, 0.717) is 0 Å². The first-order valence-electron chi connectivity index (χ1n) is 20.6. The molecule has 0 saturated carbocycles. The first kappa shape index (κ1) is 33.5. The minimum Gasteiger partial charge on any atom is -0.455 e. The fourth-order valence-corrected chi connectivity index (χ4v) is 11.1. The molecule has 0 bridgehead atoms. The highest BCUT2D eigenvalue weighted by Crippen LogP contribution is 2.47. The Hall–Kier alpha value is -7.52. The maximum Gasteiger partial charge on any atom is 0.144 e. The Morgan fingerprint density at radius 3 is 1.62 bits per heavy atom. The maximum absolute atomic E-state index is 6.90. The molecule has 0 aliphatic carbocycles. The molecular formula is C58H34OS. The van der Waals surface area contributed by atoms with Crippen LogP contribution in [0.2, 0.25) is 0 Å². The third-order valence-electron chi connectivity index (χ3n) is 12.7.